The fourth-order valence-electron chi connectivity index (χ4n) is 3.63. The molecule has 0 saturated heterocycles. The second-order valence-electron chi connectivity index (χ2n) is 6.67. The van der Waals surface area contributed by atoms with Gasteiger partial charge in [-0.15, -0.1) is 0 Å². The number of anilines is 2. The molecule has 4 rings (SSSR count). The summed E-state index contributed by atoms with van der Waals surface area (Å²) >= 11 is 0. The van der Waals surface area contributed by atoms with Crippen molar-refractivity contribution in [3.05, 3.63) is 53.6 Å². The summed E-state index contributed by atoms with van der Waals surface area (Å²) in [5.74, 6) is 0.666. The Bertz CT molecular complexity index is 862. The van der Waals surface area contributed by atoms with E-state index in [0.29, 0.717) is 12.2 Å². The number of carbonyl (C=O) groups excluding carboxylic acids is 2. The van der Waals surface area contributed by atoms with Crippen LogP contribution in [0.1, 0.15) is 18.1 Å². The standard InChI is InChI=1S/C20H20N2O3/c1-13-9-15-5-3-4-6-16(15)22(13)19(23)11-14-7-8-18-17(10-14)21(2)20(24)12-25-18/h3-8,10,13H,9,11-12H2,1-2H3. The zero-order valence-corrected chi connectivity index (χ0v) is 14.4. The van der Waals surface area contributed by atoms with Gasteiger partial charge in [0.05, 0.1) is 12.1 Å². The molecule has 1 unspecified atom stereocenters. The van der Waals surface area contributed by atoms with E-state index in [9.17, 15) is 9.59 Å². The highest BCUT2D eigenvalue weighted by molar-refractivity contribution is 5.99. The summed E-state index contributed by atoms with van der Waals surface area (Å²) in [6.45, 7) is 2.13. The Kier molecular flexibility index (Phi) is 3.71. The lowest BCUT2D eigenvalue weighted by molar-refractivity contribution is -0.121. The Hall–Kier alpha value is -2.82. The van der Waals surface area contributed by atoms with Gasteiger partial charge in [0.2, 0.25) is 5.91 Å². The maximum absolute atomic E-state index is 12.9. The highest BCUT2D eigenvalue weighted by atomic mass is 16.5. The molecule has 5 nitrogen and oxygen atoms in total. The number of likely N-dealkylation sites (N-methyl/N-ethyl adjacent to an activating group) is 1. The van der Waals surface area contributed by atoms with E-state index < -0.39 is 0 Å². The molecule has 0 spiro atoms. The largest absolute Gasteiger partial charge is 0.482 e. The number of hydrogen-bond acceptors (Lipinski definition) is 3. The minimum atomic E-state index is -0.0851. The van der Waals surface area contributed by atoms with E-state index in [1.807, 2.05) is 41.3 Å². The van der Waals surface area contributed by atoms with Crippen LogP contribution in [0.2, 0.25) is 0 Å². The lowest BCUT2D eigenvalue weighted by atomic mass is 10.1. The number of fused-ring (bicyclic) bond motifs is 2. The molecule has 0 radical (unpaired) electrons. The Balaban J connectivity index is 1.59. The molecule has 5 heteroatoms. The highest BCUT2D eigenvalue weighted by Crippen LogP contribution is 2.34. The van der Waals surface area contributed by atoms with Crippen molar-refractivity contribution in [3.63, 3.8) is 0 Å². The van der Waals surface area contributed by atoms with Gasteiger partial charge in [-0.3, -0.25) is 9.59 Å². The van der Waals surface area contributed by atoms with E-state index in [2.05, 4.69) is 13.0 Å². The normalized spacial score (nSPS) is 18.6. The molecule has 0 saturated carbocycles. The summed E-state index contributed by atoms with van der Waals surface area (Å²) in [4.78, 5) is 28.2. The molecular weight excluding hydrogens is 316 g/mol. The number of para-hydroxylation sites is 1. The van der Waals surface area contributed by atoms with Crippen molar-refractivity contribution in [1.29, 1.82) is 0 Å². The Morgan fingerprint density at radius 2 is 2.00 bits per heavy atom. The number of carbonyl (C=O) groups is 2. The minimum Gasteiger partial charge on any atom is -0.482 e. The van der Waals surface area contributed by atoms with Gasteiger partial charge in [0.25, 0.3) is 5.91 Å². The van der Waals surface area contributed by atoms with Gasteiger partial charge in [0.15, 0.2) is 6.61 Å². The molecule has 0 fully saturated rings. The predicted molar refractivity (Wildman–Crippen MR) is 96.1 cm³/mol. The van der Waals surface area contributed by atoms with Gasteiger partial charge in [-0.1, -0.05) is 24.3 Å². The van der Waals surface area contributed by atoms with Crippen LogP contribution in [0, 0.1) is 0 Å². The van der Waals surface area contributed by atoms with E-state index in [0.717, 1.165) is 23.4 Å². The first kappa shape index (κ1) is 15.7. The monoisotopic (exact) mass is 336 g/mol. The molecule has 2 heterocycles. The van der Waals surface area contributed by atoms with Crippen LogP contribution in [-0.4, -0.2) is 31.5 Å². The van der Waals surface area contributed by atoms with Gasteiger partial charge in [-0.25, -0.2) is 0 Å². The smallest absolute Gasteiger partial charge is 0.264 e. The first-order valence-electron chi connectivity index (χ1n) is 8.47. The number of amides is 2. The fraction of sp³-hybridized carbons (Fsp3) is 0.300. The van der Waals surface area contributed by atoms with Crippen LogP contribution in [0.4, 0.5) is 11.4 Å². The van der Waals surface area contributed by atoms with Crippen LogP contribution >= 0.6 is 0 Å². The van der Waals surface area contributed by atoms with Crippen molar-refractivity contribution in [3.8, 4) is 5.75 Å². The summed E-state index contributed by atoms with van der Waals surface area (Å²) in [7, 11) is 1.73. The molecule has 2 aromatic carbocycles. The SMILES string of the molecule is CC1Cc2ccccc2N1C(=O)Cc1ccc2c(c1)N(C)C(=O)CO2. The topological polar surface area (TPSA) is 49.9 Å². The highest BCUT2D eigenvalue weighted by Gasteiger charge is 2.30. The molecule has 2 aromatic rings. The summed E-state index contributed by atoms with van der Waals surface area (Å²) in [6.07, 6.45) is 1.19. The third kappa shape index (κ3) is 2.65. The number of ether oxygens (including phenoxy) is 1. The molecule has 2 amide bonds. The van der Waals surface area contributed by atoms with Gasteiger partial charge in [-0.2, -0.15) is 0 Å². The molecule has 1 atom stereocenters. The maximum Gasteiger partial charge on any atom is 0.264 e. The average Bonchev–Trinajstić information content (AvgIpc) is 2.94. The Labute approximate surface area is 146 Å². The molecule has 2 aliphatic heterocycles. The van der Waals surface area contributed by atoms with Crippen molar-refractivity contribution in [2.75, 3.05) is 23.5 Å². The van der Waals surface area contributed by atoms with Crippen LogP contribution in [0.5, 0.6) is 5.75 Å². The van der Waals surface area contributed by atoms with Crippen LogP contribution in [-0.2, 0) is 22.4 Å². The number of hydrogen-bond donors (Lipinski definition) is 0. The summed E-state index contributed by atoms with van der Waals surface area (Å²) in [6, 6.07) is 13.8. The van der Waals surface area contributed by atoms with E-state index in [-0.39, 0.29) is 24.5 Å². The molecular formula is C20H20N2O3. The summed E-state index contributed by atoms with van der Waals surface area (Å²) in [5.41, 5.74) is 3.82. The lowest BCUT2D eigenvalue weighted by Crippen LogP contribution is -2.37. The van der Waals surface area contributed by atoms with Crippen molar-refractivity contribution in [1.82, 2.24) is 0 Å². The van der Waals surface area contributed by atoms with Gasteiger partial charge < -0.3 is 14.5 Å². The van der Waals surface area contributed by atoms with Gasteiger partial charge in [0, 0.05) is 18.8 Å². The summed E-state index contributed by atoms with van der Waals surface area (Å²) < 4.78 is 5.44. The molecule has 0 bridgehead atoms. The lowest BCUT2D eigenvalue weighted by Gasteiger charge is -2.27. The second kappa shape index (κ2) is 5.92. The van der Waals surface area contributed by atoms with Crippen LogP contribution in [0.15, 0.2) is 42.5 Å². The van der Waals surface area contributed by atoms with Crippen molar-refractivity contribution in [2.24, 2.45) is 0 Å². The molecule has 0 N–H and O–H groups in total. The predicted octanol–water partition coefficient (Wildman–Crippen LogP) is 2.56. The number of rotatable bonds is 2. The summed E-state index contributed by atoms with van der Waals surface area (Å²) in [5, 5.41) is 0. The Morgan fingerprint density at radius 1 is 1.20 bits per heavy atom. The molecule has 128 valence electrons. The van der Waals surface area contributed by atoms with Crippen molar-refractivity contribution < 1.29 is 14.3 Å². The molecule has 0 aromatic heterocycles. The first-order valence-corrected chi connectivity index (χ1v) is 8.47. The molecule has 2 aliphatic rings. The van der Waals surface area contributed by atoms with Crippen molar-refractivity contribution in [2.45, 2.75) is 25.8 Å². The third-order valence-electron chi connectivity index (χ3n) is 4.94. The molecule has 0 aliphatic carbocycles. The zero-order valence-electron chi connectivity index (χ0n) is 14.4. The van der Waals surface area contributed by atoms with E-state index in [1.54, 1.807) is 11.9 Å². The third-order valence-corrected chi connectivity index (χ3v) is 4.94. The van der Waals surface area contributed by atoms with E-state index in [4.69, 9.17) is 4.74 Å². The fourth-order valence-corrected chi connectivity index (χ4v) is 3.63. The zero-order chi connectivity index (χ0) is 17.6. The van der Waals surface area contributed by atoms with E-state index in [1.165, 1.54) is 5.56 Å². The average molecular weight is 336 g/mol. The number of benzene rings is 2. The number of nitrogens with zero attached hydrogens (tertiary/aromatic N) is 2. The Morgan fingerprint density at radius 3 is 2.84 bits per heavy atom. The van der Waals surface area contributed by atoms with Crippen LogP contribution in [0.25, 0.3) is 0 Å². The van der Waals surface area contributed by atoms with E-state index >= 15 is 0 Å². The second-order valence-corrected chi connectivity index (χ2v) is 6.67. The van der Waals surface area contributed by atoms with Gasteiger partial charge >= 0.3 is 0 Å². The van der Waals surface area contributed by atoms with Crippen LogP contribution in [0.3, 0.4) is 0 Å². The quantitative estimate of drug-likeness (QED) is 0.847. The van der Waals surface area contributed by atoms with Crippen LogP contribution < -0.4 is 14.5 Å². The van der Waals surface area contributed by atoms with Gasteiger partial charge in [-0.05, 0) is 42.7 Å². The van der Waals surface area contributed by atoms with Gasteiger partial charge in [0.1, 0.15) is 5.75 Å². The maximum atomic E-state index is 12.9. The molecule has 25 heavy (non-hydrogen) atoms. The minimum absolute atomic E-state index is 0.0594. The van der Waals surface area contributed by atoms with Crippen molar-refractivity contribution >= 4 is 23.2 Å². The first-order chi connectivity index (χ1) is 12.0.